The van der Waals surface area contributed by atoms with Crippen LogP contribution in [0.1, 0.15) is 44.8 Å². The van der Waals surface area contributed by atoms with Crippen molar-refractivity contribution in [2.24, 2.45) is 0 Å². The van der Waals surface area contributed by atoms with Crippen LogP contribution in [0.15, 0.2) is 54.7 Å². The number of nitrogens with zero attached hydrogens (tertiary/aromatic N) is 3. The monoisotopic (exact) mass is 420 g/mol. The third kappa shape index (κ3) is 4.50. The van der Waals surface area contributed by atoms with Crippen LogP contribution in [0.25, 0.3) is 5.69 Å². The molecule has 0 spiro atoms. The third-order valence-corrected chi connectivity index (χ3v) is 5.71. The maximum atomic E-state index is 13.1. The summed E-state index contributed by atoms with van der Waals surface area (Å²) < 4.78 is 14.8. The van der Waals surface area contributed by atoms with Gasteiger partial charge in [-0.1, -0.05) is 12.1 Å². The maximum absolute atomic E-state index is 13.1. The molecule has 1 aliphatic heterocycles. The number of rotatable bonds is 4. The van der Waals surface area contributed by atoms with E-state index in [0.717, 1.165) is 16.9 Å². The van der Waals surface area contributed by atoms with Crippen LogP contribution in [0, 0.1) is 19.7 Å². The van der Waals surface area contributed by atoms with E-state index in [1.165, 1.54) is 24.3 Å². The molecule has 1 saturated heterocycles. The molecule has 0 saturated carbocycles. The first-order valence-electron chi connectivity index (χ1n) is 10.4. The molecular weight excluding hydrogens is 395 g/mol. The highest BCUT2D eigenvalue weighted by Crippen LogP contribution is 2.19. The van der Waals surface area contributed by atoms with Gasteiger partial charge in [0, 0.05) is 24.7 Å². The molecule has 2 amide bonds. The summed E-state index contributed by atoms with van der Waals surface area (Å²) in [6.45, 7) is 5.04. The number of halogens is 1. The fourth-order valence-corrected chi connectivity index (χ4v) is 3.91. The number of hydrogen-bond donors (Lipinski definition) is 1. The van der Waals surface area contributed by atoms with Crippen molar-refractivity contribution in [1.82, 2.24) is 20.0 Å². The molecule has 0 unspecified atom stereocenters. The largest absolute Gasteiger partial charge is 0.349 e. The van der Waals surface area contributed by atoms with E-state index in [-0.39, 0.29) is 23.7 Å². The zero-order valence-electron chi connectivity index (χ0n) is 17.6. The lowest BCUT2D eigenvalue weighted by atomic mass is 10.0. The van der Waals surface area contributed by atoms with Crippen LogP contribution >= 0.6 is 0 Å². The molecule has 1 fully saturated rings. The number of piperidine rings is 1. The first-order chi connectivity index (χ1) is 14.9. The number of aryl methyl sites for hydroxylation is 1. The van der Waals surface area contributed by atoms with E-state index in [1.807, 2.05) is 43.0 Å². The molecule has 4 rings (SSSR count). The average molecular weight is 420 g/mol. The summed E-state index contributed by atoms with van der Waals surface area (Å²) >= 11 is 0. The second kappa shape index (κ2) is 8.71. The van der Waals surface area contributed by atoms with E-state index in [2.05, 4.69) is 10.4 Å². The first-order valence-corrected chi connectivity index (χ1v) is 10.4. The Hall–Kier alpha value is -3.48. The summed E-state index contributed by atoms with van der Waals surface area (Å²) in [4.78, 5) is 27.2. The Morgan fingerprint density at radius 1 is 1.06 bits per heavy atom. The summed E-state index contributed by atoms with van der Waals surface area (Å²) in [7, 11) is 0. The van der Waals surface area contributed by atoms with E-state index in [4.69, 9.17) is 0 Å². The SMILES string of the molecule is Cc1cccc(-n2ncc(C(=O)N3CCC(NC(=O)c4ccc(F)cc4)CC3)c2C)c1. The van der Waals surface area contributed by atoms with E-state index >= 15 is 0 Å². The highest BCUT2D eigenvalue weighted by Gasteiger charge is 2.27. The van der Waals surface area contributed by atoms with E-state index in [9.17, 15) is 14.0 Å². The fraction of sp³-hybridized carbons (Fsp3) is 0.292. The maximum Gasteiger partial charge on any atom is 0.257 e. The lowest BCUT2D eigenvalue weighted by Gasteiger charge is -2.32. The van der Waals surface area contributed by atoms with Crippen LogP contribution in [-0.2, 0) is 0 Å². The quantitative estimate of drug-likeness (QED) is 0.700. The molecule has 6 nitrogen and oxygen atoms in total. The molecule has 1 N–H and O–H groups in total. The minimum Gasteiger partial charge on any atom is -0.349 e. The molecule has 0 atom stereocenters. The Bertz CT molecular complexity index is 1100. The molecule has 2 heterocycles. The number of benzene rings is 2. The highest BCUT2D eigenvalue weighted by atomic mass is 19.1. The van der Waals surface area contributed by atoms with Gasteiger partial charge in [-0.2, -0.15) is 5.10 Å². The number of nitrogens with one attached hydrogen (secondary N) is 1. The molecule has 1 aromatic heterocycles. The van der Waals surface area contributed by atoms with Crippen LogP contribution in [0.4, 0.5) is 4.39 Å². The molecule has 7 heteroatoms. The number of aromatic nitrogens is 2. The second-order valence-corrected chi connectivity index (χ2v) is 7.94. The average Bonchev–Trinajstić information content (AvgIpc) is 3.15. The predicted molar refractivity (Wildman–Crippen MR) is 116 cm³/mol. The summed E-state index contributed by atoms with van der Waals surface area (Å²) in [6, 6.07) is 13.5. The highest BCUT2D eigenvalue weighted by molar-refractivity contribution is 5.95. The Labute approximate surface area is 180 Å². The van der Waals surface area contributed by atoms with Crippen LogP contribution < -0.4 is 5.32 Å². The van der Waals surface area contributed by atoms with Gasteiger partial charge < -0.3 is 10.2 Å². The van der Waals surface area contributed by atoms with Crippen LogP contribution in [0.3, 0.4) is 0 Å². The molecule has 3 aromatic rings. The molecule has 2 aromatic carbocycles. The third-order valence-electron chi connectivity index (χ3n) is 5.71. The minimum absolute atomic E-state index is 0.0160. The van der Waals surface area contributed by atoms with Crippen LogP contribution in [0.2, 0.25) is 0 Å². The standard InChI is InChI=1S/C24H25FN4O2/c1-16-4-3-5-21(14-16)29-17(2)22(15-26-29)24(31)28-12-10-20(11-13-28)27-23(30)18-6-8-19(25)9-7-18/h3-9,14-15,20H,10-13H2,1-2H3,(H,27,30). The van der Waals surface area contributed by atoms with E-state index in [1.54, 1.807) is 10.9 Å². The molecule has 160 valence electrons. The summed E-state index contributed by atoms with van der Waals surface area (Å²) in [5.41, 5.74) is 3.89. The Kier molecular flexibility index (Phi) is 5.84. The van der Waals surface area contributed by atoms with Crippen molar-refractivity contribution in [3.63, 3.8) is 0 Å². The first kappa shape index (κ1) is 20.8. The number of amides is 2. The molecule has 1 aliphatic rings. The predicted octanol–water partition coefficient (Wildman–Crippen LogP) is 3.66. The van der Waals surface area contributed by atoms with Gasteiger partial charge in [0.2, 0.25) is 0 Å². The second-order valence-electron chi connectivity index (χ2n) is 7.94. The minimum atomic E-state index is -0.371. The van der Waals surface area contributed by atoms with Gasteiger partial charge in [-0.15, -0.1) is 0 Å². The van der Waals surface area contributed by atoms with Gasteiger partial charge in [0.1, 0.15) is 5.82 Å². The van der Waals surface area contributed by atoms with Gasteiger partial charge in [0.05, 0.1) is 23.1 Å². The van der Waals surface area contributed by atoms with Crippen molar-refractivity contribution >= 4 is 11.8 Å². The van der Waals surface area contributed by atoms with Crippen molar-refractivity contribution in [3.8, 4) is 5.69 Å². The Morgan fingerprint density at radius 2 is 1.77 bits per heavy atom. The summed E-state index contributed by atoms with van der Waals surface area (Å²) in [6.07, 6.45) is 2.97. The molecule has 0 bridgehead atoms. The topological polar surface area (TPSA) is 67.2 Å². The van der Waals surface area contributed by atoms with Gasteiger partial charge in [0.25, 0.3) is 11.8 Å². The normalized spacial score (nSPS) is 14.5. The number of carbonyl (C=O) groups excluding carboxylic acids is 2. The zero-order valence-corrected chi connectivity index (χ0v) is 17.6. The van der Waals surface area contributed by atoms with Crippen LogP contribution in [-0.4, -0.2) is 45.6 Å². The van der Waals surface area contributed by atoms with Gasteiger partial charge >= 0.3 is 0 Å². The molecule has 31 heavy (non-hydrogen) atoms. The van der Waals surface area contributed by atoms with Crippen molar-refractivity contribution in [3.05, 3.63) is 82.9 Å². The van der Waals surface area contributed by atoms with Crippen LogP contribution in [0.5, 0.6) is 0 Å². The zero-order chi connectivity index (χ0) is 22.0. The van der Waals surface area contributed by atoms with Crippen molar-refractivity contribution in [2.75, 3.05) is 13.1 Å². The van der Waals surface area contributed by atoms with Gasteiger partial charge in [0.15, 0.2) is 0 Å². The molecule has 0 radical (unpaired) electrons. The fourth-order valence-electron chi connectivity index (χ4n) is 3.91. The summed E-state index contributed by atoms with van der Waals surface area (Å²) in [5, 5.41) is 7.40. The van der Waals surface area contributed by atoms with Gasteiger partial charge in [-0.05, 0) is 68.7 Å². The smallest absolute Gasteiger partial charge is 0.257 e. The van der Waals surface area contributed by atoms with Gasteiger partial charge in [-0.3, -0.25) is 9.59 Å². The van der Waals surface area contributed by atoms with E-state index in [0.29, 0.717) is 37.1 Å². The van der Waals surface area contributed by atoms with Gasteiger partial charge in [-0.25, -0.2) is 9.07 Å². The Balaban J connectivity index is 1.37. The van der Waals surface area contributed by atoms with Crippen molar-refractivity contribution in [2.45, 2.75) is 32.7 Å². The van der Waals surface area contributed by atoms with Crippen molar-refractivity contribution < 1.29 is 14.0 Å². The number of carbonyl (C=O) groups is 2. The summed E-state index contributed by atoms with van der Waals surface area (Å²) in [5.74, 6) is -0.635. The lowest BCUT2D eigenvalue weighted by molar-refractivity contribution is 0.0697. The Morgan fingerprint density at radius 3 is 2.45 bits per heavy atom. The number of hydrogen-bond acceptors (Lipinski definition) is 3. The van der Waals surface area contributed by atoms with E-state index < -0.39 is 0 Å². The lowest BCUT2D eigenvalue weighted by Crippen LogP contribution is -2.46. The number of likely N-dealkylation sites (tertiary alicyclic amines) is 1. The molecular formula is C24H25FN4O2. The molecule has 0 aliphatic carbocycles. The van der Waals surface area contributed by atoms with Crippen molar-refractivity contribution in [1.29, 1.82) is 0 Å².